The third-order valence-corrected chi connectivity index (χ3v) is 5.42. The van der Waals surface area contributed by atoms with E-state index in [0.717, 1.165) is 17.9 Å². The first-order chi connectivity index (χ1) is 8.24. The van der Waals surface area contributed by atoms with Crippen LogP contribution in [0.15, 0.2) is 29.2 Å². The first-order valence-corrected chi connectivity index (χ1v) is 7.68. The highest BCUT2D eigenvalue weighted by Crippen LogP contribution is 2.40. The summed E-state index contributed by atoms with van der Waals surface area (Å²) in [6.45, 7) is 7.32. The van der Waals surface area contributed by atoms with Gasteiger partial charge in [-0.15, -0.1) is 11.8 Å². The molecule has 1 fully saturated rings. The average Bonchev–Trinajstić information content (AvgIpc) is 2.85. The molecule has 92 valence electrons. The number of likely N-dealkylation sites (tertiary alicyclic amines) is 1. The van der Waals surface area contributed by atoms with Gasteiger partial charge < -0.3 is 0 Å². The summed E-state index contributed by atoms with van der Waals surface area (Å²) in [6.07, 6.45) is 1.38. The zero-order valence-electron chi connectivity index (χ0n) is 10.7. The summed E-state index contributed by atoms with van der Waals surface area (Å²) in [5.74, 6) is 2.91. The van der Waals surface area contributed by atoms with Crippen LogP contribution in [0, 0.1) is 5.92 Å². The van der Waals surface area contributed by atoms with Gasteiger partial charge in [-0.25, -0.2) is 0 Å². The lowest BCUT2D eigenvalue weighted by Gasteiger charge is -2.24. The SMILES string of the molecule is CC1CC(C)N(CC2CSc3ccccc32)C1. The fourth-order valence-electron chi connectivity index (χ4n) is 3.30. The molecule has 3 rings (SSSR count). The zero-order valence-corrected chi connectivity index (χ0v) is 11.5. The van der Waals surface area contributed by atoms with Gasteiger partial charge in [0.2, 0.25) is 0 Å². The van der Waals surface area contributed by atoms with E-state index in [9.17, 15) is 0 Å². The predicted octanol–water partition coefficient (Wildman–Crippen LogP) is 3.61. The zero-order chi connectivity index (χ0) is 11.8. The van der Waals surface area contributed by atoms with Crippen molar-refractivity contribution in [1.82, 2.24) is 4.90 Å². The first-order valence-electron chi connectivity index (χ1n) is 6.70. The Morgan fingerprint density at radius 3 is 2.88 bits per heavy atom. The van der Waals surface area contributed by atoms with E-state index < -0.39 is 0 Å². The van der Waals surface area contributed by atoms with E-state index in [1.54, 1.807) is 5.56 Å². The second-order valence-corrected chi connectivity index (χ2v) is 6.75. The van der Waals surface area contributed by atoms with Crippen molar-refractivity contribution >= 4 is 11.8 Å². The lowest BCUT2D eigenvalue weighted by molar-refractivity contribution is 0.253. The van der Waals surface area contributed by atoms with Crippen molar-refractivity contribution in [3.05, 3.63) is 29.8 Å². The summed E-state index contributed by atoms with van der Waals surface area (Å²) in [4.78, 5) is 4.20. The molecule has 0 amide bonds. The van der Waals surface area contributed by atoms with Gasteiger partial charge in [0.25, 0.3) is 0 Å². The van der Waals surface area contributed by atoms with Crippen LogP contribution in [0.25, 0.3) is 0 Å². The van der Waals surface area contributed by atoms with E-state index in [0.29, 0.717) is 0 Å². The normalized spacial score (nSPS) is 32.9. The molecule has 3 atom stereocenters. The molecule has 0 aliphatic carbocycles. The van der Waals surface area contributed by atoms with Crippen LogP contribution in [0.3, 0.4) is 0 Å². The highest BCUT2D eigenvalue weighted by Gasteiger charge is 2.31. The van der Waals surface area contributed by atoms with Crippen molar-refractivity contribution in [3.63, 3.8) is 0 Å². The molecule has 2 heterocycles. The van der Waals surface area contributed by atoms with Gasteiger partial charge in [-0.1, -0.05) is 25.1 Å². The van der Waals surface area contributed by atoms with E-state index in [1.165, 1.54) is 30.2 Å². The molecule has 0 radical (unpaired) electrons. The molecule has 1 aromatic rings. The molecular formula is C15H21NS. The smallest absolute Gasteiger partial charge is 0.0108 e. The Kier molecular flexibility index (Phi) is 3.18. The van der Waals surface area contributed by atoms with Crippen molar-refractivity contribution in [2.24, 2.45) is 5.92 Å². The Morgan fingerprint density at radius 1 is 1.29 bits per heavy atom. The van der Waals surface area contributed by atoms with E-state index in [2.05, 4.69) is 43.0 Å². The van der Waals surface area contributed by atoms with Crippen LogP contribution >= 0.6 is 11.8 Å². The molecule has 1 saturated heterocycles. The highest BCUT2D eigenvalue weighted by molar-refractivity contribution is 7.99. The van der Waals surface area contributed by atoms with Crippen molar-refractivity contribution < 1.29 is 0 Å². The third kappa shape index (κ3) is 2.25. The quantitative estimate of drug-likeness (QED) is 0.785. The molecule has 2 aliphatic heterocycles. The summed E-state index contributed by atoms with van der Waals surface area (Å²) < 4.78 is 0. The fraction of sp³-hybridized carbons (Fsp3) is 0.600. The molecule has 17 heavy (non-hydrogen) atoms. The van der Waals surface area contributed by atoms with Gasteiger partial charge in [0.05, 0.1) is 0 Å². The number of benzene rings is 1. The monoisotopic (exact) mass is 247 g/mol. The minimum atomic E-state index is 0.754. The van der Waals surface area contributed by atoms with Crippen LogP contribution in [0.1, 0.15) is 31.7 Å². The Bertz CT molecular complexity index is 404. The lowest BCUT2D eigenvalue weighted by atomic mass is 10.0. The van der Waals surface area contributed by atoms with Gasteiger partial charge in [0, 0.05) is 35.7 Å². The van der Waals surface area contributed by atoms with Crippen LogP contribution < -0.4 is 0 Å². The average molecular weight is 247 g/mol. The minimum Gasteiger partial charge on any atom is -0.300 e. The molecule has 3 unspecified atom stereocenters. The molecule has 0 saturated carbocycles. The molecule has 1 aromatic carbocycles. The van der Waals surface area contributed by atoms with Crippen LogP contribution in [0.2, 0.25) is 0 Å². The summed E-state index contributed by atoms with van der Waals surface area (Å²) in [7, 11) is 0. The van der Waals surface area contributed by atoms with Crippen LogP contribution in [0.5, 0.6) is 0 Å². The Labute approximate surface area is 109 Å². The van der Waals surface area contributed by atoms with Gasteiger partial charge in [0.1, 0.15) is 0 Å². The second-order valence-electron chi connectivity index (χ2n) is 5.69. The number of fused-ring (bicyclic) bond motifs is 1. The Morgan fingerprint density at radius 2 is 2.12 bits per heavy atom. The minimum absolute atomic E-state index is 0.754. The van der Waals surface area contributed by atoms with Gasteiger partial charge >= 0.3 is 0 Å². The Hall–Kier alpha value is -0.470. The van der Waals surface area contributed by atoms with Crippen molar-refractivity contribution in [1.29, 1.82) is 0 Å². The largest absolute Gasteiger partial charge is 0.300 e. The molecule has 0 aromatic heterocycles. The third-order valence-electron chi connectivity index (χ3n) is 4.17. The van der Waals surface area contributed by atoms with Crippen LogP contribution in [-0.2, 0) is 0 Å². The van der Waals surface area contributed by atoms with Crippen molar-refractivity contribution in [2.75, 3.05) is 18.8 Å². The summed E-state index contributed by atoms with van der Waals surface area (Å²) >= 11 is 2.03. The van der Waals surface area contributed by atoms with E-state index in [4.69, 9.17) is 0 Å². The standard InChI is InChI=1S/C15H21NS/c1-11-7-12(2)16(8-11)9-13-10-17-15-6-4-3-5-14(13)15/h3-6,11-13H,7-10H2,1-2H3. The molecule has 1 nitrogen and oxygen atoms in total. The molecule has 0 spiro atoms. The summed E-state index contributed by atoms with van der Waals surface area (Å²) in [5, 5.41) is 0. The van der Waals surface area contributed by atoms with Crippen molar-refractivity contribution in [3.8, 4) is 0 Å². The van der Waals surface area contributed by atoms with E-state index in [1.807, 2.05) is 11.8 Å². The maximum atomic E-state index is 2.69. The van der Waals surface area contributed by atoms with Gasteiger partial charge in [0.15, 0.2) is 0 Å². The number of hydrogen-bond donors (Lipinski definition) is 0. The van der Waals surface area contributed by atoms with Crippen LogP contribution in [-0.4, -0.2) is 29.8 Å². The van der Waals surface area contributed by atoms with Crippen molar-refractivity contribution in [2.45, 2.75) is 37.1 Å². The maximum Gasteiger partial charge on any atom is 0.0108 e. The number of nitrogens with zero attached hydrogens (tertiary/aromatic N) is 1. The maximum absolute atomic E-state index is 2.69. The summed E-state index contributed by atoms with van der Waals surface area (Å²) in [6, 6.07) is 9.73. The van der Waals surface area contributed by atoms with Crippen LogP contribution in [0.4, 0.5) is 0 Å². The number of rotatable bonds is 2. The topological polar surface area (TPSA) is 3.24 Å². The van der Waals surface area contributed by atoms with Gasteiger partial charge in [-0.2, -0.15) is 0 Å². The first kappa shape index (κ1) is 11.6. The van der Waals surface area contributed by atoms with Gasteiger partial charge in [-0.05, 0) is 30.9 Å². The fourth-order valence-corrected chi connectivity index (χ4v) is 4.55. The number of hydrogen-bond acceptors (Lipinski definition) is 2. The Balaban J connectivity index is 1.71. The molecule has 0 bridgehead atoms. The van der Waals surface area contributed by atoms with E-state index >= 15 is 0 Å². The van der Waals surface area contributed by atoms with E-state index in [-0.39, 0.29) is 0 Å². The van der Waals surface area contributed by atoms with Gasteiger partial charge in [-0.3, -0.25) is 4.90 Å². The molecule has 2 aliphatic rings. The lowest BCUT2D eigenvalue weighted by Crippen LogP contribution is -2.31. The molecular weight excluding hydrogens is 226 g/mol. The highest BCUT2D eigenvalue weighted by atomic mass is 32.2. The predicted molar refractivity (Wildman–Crippen MR) is 74.7 cm³/mol. The molecule has 0 N–H and O–H groups in total. The molecule has 2 heteroatoms. The second kappa shape index (κ2) is 4.66. The summed E-state index contributed by atoms with van der Waals surface area (Å²) in [5.41, 5.74) is 1.59. The number of thioether (sulfide) groups is 1.